The van der Waals surface area contributed by atoms with E-state index < -0.39 is 11.5 Å². The Bertz CT molecular complexity index is 944. The predicted octanol–water partition coefficient (Wildman–Crippen LogP) is 6.12. The molecule has 3 atom stereocenters. The number of benzene rings is 2. The summed E-state index contributed by atoms with van der Waals surface area (Å²) in [4.78, 5) is 12.3. The quantitative estimate of drug-likeness (QED) is 0.597. The predicted molar refractivity (Wildman–Crippen MR) is 113 cm³/mol. The molecule has 5 heteroatoms. The van der Waals surface area contributed by atoms with E-state index >= 15 is 0 Å². The van der Waals surface area contributed by atoms with Crippen LogP contribution in [0.3, 0.4) is 0 Å². The van der Waals surface area contributed by atoms with E-state index in [9.17, 15) is 9.90 Å². The van der Waals surface area contributed by atoms with Crippen molar-refractivity contribution in [3.8, 4) is 0 Å². The summed E-state index contributed by atoms with van der Waals surface area (Å²) in [6.07, 6.45) is 6.29. The second kappa shape index (κ2) is 6.68. The maximum atomic E-state index is 12.3. The van der Waals surface area contributed by atoms with Gasteiger partial charge in [0.1, 0.15) is 5.54 Å². The first kappa shape index (κ1) is 18.6. The van der Waals surface area contributed by atoms with Crippen molar-refractivity contribution < 1.29 is 9.90 Å². The lowest BCUT2D eigenvalue weighted by atomic mass is 9.59. The number of halogens is 2. The van der Waals surface area contributed by atoms with Crippen LogP contribution in [0, 0.1) is 5.92 Å². The minimum absolute atomic E-state index is 0.113. The highest BCUT2D eigenvalue weighted by Crippen LogP contribution is 2.53. The molecule has 0 aliphatic heterocycles. The smallest absolute Gasteiger partial charge is 0.329 e. The van der Waals surface area contributed by atoms with Gasteiger partial charge < -0.3 is 10.4 Å². The summed E-state index contributed by atoms with van der Waals surface area (Å²) >= 11 is 9.61. The van der Waals surface area contributed by atoms with Crippen LogP contribution in [0.15, 0.2) is 53.0 Å². The molecule has 0 bridgehead atoms. The molecule has 2 aliphatic carbocycles. The fourth-order valence-electron chi connectivity index (χ4n) is 4.75. The number of aliphatic carboxylic acids is 1. The molecule has 0 amide bonds. The molecule has 3 nitrogen and oxygen atoms in total. The number of fused-ring (bicyclic) bond motifs is 2. The Kier molecular flexibility index (Phi) is 4.59. The van der Waals surface area contributed by atoms with Crippen LogP contribution in [0.1, 0.15) is 37.3 Å². The zero-order chi connectivity index (χ0) is 19.2. The Labute approximate surface area is 172 Å². The van der Waals surface area contributed by atoms with E-state index in [1.807, 2.05) is 36.4 Å². The molecule has 2 aliphatic rings. The summed E-state index contributed by atoms with van der Waals surface area (Å²) in [5, 5.41) is 14.2. The average Bonchev–Trinajstić information content (AvgIpc) is 2.97. The van der Waals surface area contributed by atoms with Crippen molar-refractivity contribution in [3.05, 3.63) is 69.2 Å². The standard InChI is InChI=1S/C22H21BrClNO2/c1-14-13-22(20(26)27,25-18-4-2-3-16(23)12-18)10-9-21(14)8-7-15-11-17(24)5-6-19(15)21/h2-8,11-12,14,25H,9-10,13H2,1H3,(H,26,27). The van der Waals surface area contributed by atoms with Crippen molar-refractivity contribution >= 4 is 45.3 Å². The third kappa shape index (κ3) is 3.09. The maximum absolute atomic E-state index is 12.3. The number of allylic oxidation sites excluding steroid dienone is 1. The van der Waals surface area contributed by atoms with E-state index in [0.29, 0.717) is 12.8 Å². The van der Waals surface area contributed by atoms with Crippen molar-refractivity contribution in [3.63, 3.8) is 0 Å². The van der Waals surface area contributed by atoms with E-state index in [0.717, 1.165) is 27.2 Å². The normalized spacial score (nSPS) is 28.9. The van der Waals surface area contributed by atoms with Gasteiger partial charge in [0.25, 0.3) is 0 Å². The van der Waals surface area contributed by atoms with Gasteiger partial charge >= 0.3 is 5.97 Å². The highest BCUT2D eigenvalue weighted by atomic mass is 79.9. The highest BCUT2D eigenvalue weighted by molar-refractivity contribution is 9.10. The van der Waals surface area contributed by atoms with Gasteiger partial charge in [-0.1, -0.05) is 58.7 Å². The van der Waals surface area contributed by atoms with Crippen LogP contribution in [-0.4, -0.2) is 16.6 Å². The van der Waals surface area contributed by atoms with Gasteiger partial charge in [0, 0.05) is 20.6 Å². The average molecular weight is 447 g/mol. The summed E-state index contributed by atoms with van der Waals surface area (Å²) in [5.41, 5.74) is 2.16. The molecule has 1 spiro atoms. The Hall–Kier alpha value is -1.78. The topological polar surface area (TPSA) is 49.3 Å². The summed E-state index contributed by atoms with van der Waals surface area (Å²) in [7, 11) is 0. The maximum Gasteiger partial charge on any atom is 0.329 e. The van der Waals surface area contributed by atoms with Crippen LogP contribution in [0.5, 0.6) is 0 Å². The number of rotatable bonds is 3. The molecule has 2 N–H and O–H groups in total. The number of carbonyl (C=O) groups is 1. The molecule has 2 aromatic rings. The molecule has 27 heavy (non-hydrogen) atoms. The van der Waals surface area contributed by atoms with E-state index in [1.54, 1.807) is 0 Å². The van der Waals surface area contributed by atoms with Crippen molar-refractivity contribution in [2.24, 2.45) is 5.92 Å². The number of anilines is 1. The van der Waals surface area contributed by atoms with Crippen molar-refractivity contribution in [1.29, 1.82) is 0 Å². The lowest BCUT2D eigenvalue weighted by Crippen LogP contribution is -2.54. The molecule has 1 fully saturated rings. The molecule has 0 radical (unpaired) electrons. The molecule has 0 aromatic heterocycles. The van der Waals surface area contributed by atoms with Crippen LogP contribution < -0.4 is 5.32 Å². The molecular weight excluding hydrogens is 426 g/mol. The second-order valence-corrected chi connectivity index (χ2v) is 9.09. The first-order chi connectivity index (χ1) is 12.8. The Balaban J connectivity index is 1.66. The second-order valence-electron chi connectivity index (χ2n) is 7.73. The fraction of sp³-hybridized carbons (Fsp3) is 0.318. The molecule has 140 valence electrons. The number of hydrogen-bond acceptors (Lipinski definition) is 2. The monoisotopic (exact) mass is 445 g/mol. The van der Waals surface area contributed by atoms with Crippen LogP contribution >= 0.6 is 27.5 Å². The summed E-state index contributed by atoms with van der Waals surface area (Å²) in [5.74, 6) is -0.608. The summed E-state index contributed by atoms with van der Waals surface area (Å²) in [6, 6.07) is 13.7. The molecule has 0 saturated heterocycles. The minimum atomic E-state index is -0.964. The minimum Gasteiger partial charge on any atom is -0.480 e. The van der Waals surface area contributed by atoms with Crippen molar-refractivity contribution in [2.75, 3.05) is 5.32 Å². The summed E-state index contributed by atoms with van der Waals surface area (Å²) in [6.45, 7) is 2.16. The number of hydrogen-bond donors (Lipinski definition) is 2. The number of carboxylic acids is 1. The van der Waals surface area contributed by atoms with Crippen molar-refractivity contribution in [1.82, 2.24) is 0 Å². The summed E-state index contributed by atoms with van der Waals surface area (Å²) < 4.78 is 0.929. The molecule has 4 rings (SSSR count). The number of nitrogens with one attached hydrogen (secondary N) is 1. The largest absolute Gasteiger partial charge is 0.480 e. The Morgan fingerprint density at radius 1 is 1.26 bits per heavy atom. The molecular formula is C22H21BrClNO2. The van der Waals surface area contributed by atoms with E-state index in [4.69, 9.17) is 11.6 Å². The molecule has 1 saturated carbocycles. The van der Waals surface area contributed by atoms with E-state index in [2.05, 4.69) is 46.4 Å². The highest BCUT2D eigenvalue weighted by Gasteiger charge is 2.52. The first-order valence-electron chi connectivity index (χ1n) is 9.11. The lowest BCUT2D eigenvalue weighted by Gasteiger charge is -2.47. The van der Waals surface area contributed by atoms with Crippen LogP contribution in [-0.2, 0) is 10.2 Å². The van der Waals surface area contributed by atoms with Gasteiger partial charge in [-0.2, -0.15) is 0 Å². The molecule has 2 aromatic carbocycles. The molecule has 3 unspecified atom stereocenters. The van der Waals surface area contributed by atoms with Crippen LogP contribution in [0.4, 0.5) is 5.69 Å². The van der Waals surface area contributed by atoms with Gasteiger partial charge in [-0.25, -0.2) is 4.79 Å². The zero-order valence-electron chi connectivity index (χ0n) is 15.0. The lowest BCUT2D eigenvalue weighted by molar-refractivity contribution is -0.144. The van der Waals surface area contributed by atoms with E-state index in [1.165, 1.54) is 5.56 Å². The van der Waals surface area contributed by atoms with Crippen LogP contribution in [0.25, 0.3) is 6.08 Å². The fourth-order valence-corrected chi connectivity index (χ4v) is 5.33. The van der Waals surface area contributed by atoms with Gasteiger partial charge in [-0.3, -0.25) is 0 Å². The van der Waals surface area contributed by atoms with Gasteiger partial charge in [-0.05, 0) is 66.6 Å². The van der Waals surface area contributed by atoms with Crippen LogP contribution in [0.2, 0.25) is 5.02 Å². The van der Waals surface area contributed by atoms with Gasteiger partial charge in [0.05, 0.1) is 0 Å². The SMILES string of the molecule is CC1CC(Nc2cccc(Br)c2)(C(=O)O)CCC12C=Cc1cc(Cl)ccc12. The Morgan fingerprint density at radius 2 is 2.07 bits per heavy atom. The van der Waals surface area contributed by atoms with Gasteiger partial charge in [-0.15, -0.1) is 0 Å². The first-order valence-corrected chi connectivity index (χ1v) is 10.3. The van der Waals surface area contributed by atoms with E-state index in [-0.39, 0.29) is 11.3 Å². The third-order valence-electron chi connectivity index (χ3n) is 6.19. The van der Waals surface area contributed by atoms with Crippen molar-refractivity contribution in [2.45, 2.75) is 37.1 Å². The van der Waals surface area contributed by atoms with Gasteiger partial charge in [0.15, 0.2) is 0 Å². The number of carboxylic acid groups (broad SMARTS) is 1. The van der Waals surface area contributed by atoms with Gasteiger partial charge in [0.2, 0.25) is 0 Å². The Morgan fingerprint density at radius 3 is 2.78 bits per heavy atom. The molecule has 0 heterocycles. The third-order valence-corrected chi connectivity index (χ3v) is 6.92. The zero-order valence-corrected chi connectivity index (χ0v) is 17.3.